The molecule has 1 saturated heterocycles. The summed E-state index contributed by atoms with van der Waals surface area (Å²) >= 11 is 0. The van der Waals surface area contributed by atoms with Crippen molar-refractivity contribution < 1.29 is 14.9 Å². The minimum atomic E-state index is -0.900. The summed E-state index contributed by atoms with van der Waals surface area (Å²) in [5, 5.41) is 27.4. The van der Waals surface area contributed by atoms with E-state index in [2.05, 4.69) is 15.1 Å². The van der Waals surface area contributed by atoms with Gasteiger partial charge in [0, 0.05) is 30.8 Å². The highest BCUT2D eigenvalue weighted by atomic mass is 16.8. The number of nitrogens with zero attached hydrogens (tertiary/aromatic N) is 3. The van der Waals surface area contributed by atoms with E-state index in [1.165, 1.54) is 0 Å². The van der Waals surface area contributed by atoms with Crippen LogP contribution in [0.15, 0.2) is 59.0 Å². The summed E-state index contributed by atoms with van der Waals surface area (Å²) < 4.78 is 5.88. The third-order valence-electron chi connectivity index (χ3n) is 4.69. The quantitative estimate of drug-likeness (QED) is 0.684. The Balaban J connectivity index is 1.39. The van der Waals surface area contributed by atoms with Crippen molar-refractivity contribution in [2.75, 3.05) is 13.1 Å². The third kappa shape index (κ3) is 3.66. The number of quaternary nitrogens is 1. The van der Waals surface area contributed by atoms with E-state index in [0.717, 1.165) is 37.2 Å². The van der Waals surface area contributed by atoms with Crippen LogP contribution in [-0.2, 0) is 6.54 Å². The smallest absolute Gasteiger partial charge is 0.247 e. The molecule has 2 aromatic carbocycles. The van der Waals surface area contributed by atoms with E-state index in [1.54, 1.807) is 12.1 Å². The average Bonchev–Trinajstić information content (AvgIpc) is 3.32. The maximum Gasteiger partial charge on any atom is 0.247 e. The second kappa shape index (κ2) is 7.35. The van der Waals surface area contributed by atoms with Crippen LogP contribution in [-0.4, -0.2) is 33.4 Å². The summed E-state index contributed by atoms with van der Waals surface area (Å²) in [7, 11) is 0. The molecule has 1 aliphatic heterocycles. The molecule has 7 nitrogen and oxygen atoms in total. The van der Waals surface area contributed by atoms with Crippen molar-refractivity contribution in [2.45, 2.75) is 18.9 Å². The highest BCUT2D eigenvalue weighted by Gasteiger charge is 2.28. The molecular formula is C19H20N4O3. The summed E-state index contributed by atoms with van der Waals surface area (Å²) in [4.78, 5) is 2.33. The minimum Gasteiger partial charge on any atom is -0.595 e. The zero-order valence-corrected chi connectivity index (χ0v) is 14.2. The van der Waals surface area contributed by atoms with Crippen LogP contribution in [0, 0.1) is 5.21 Å². The summed E-state index contributed by atoms with van der Waals surface area (Å²) in [5.41, 5.74) is 2.35. The number of hydrogen-bond donors (Lipinski definition) is 2. The molecule has 0 amide bonds. The molecule has 2 heterocycles. The largest absolute Gasteiger partial charge is 0.595 e. The predicted molar refractivity (Wildman–Crippen MR) is 94.6 cm³/mol. The standard InChI is InChI=1S/C19H20N4O3/c24-23(25)17-8-6-14(7-9-17)12-22-11-10-16(13-22)19-21-20-18(26-19)15-4-2-1-3-5-15/h1-9,16,23-24H,10-13H2/t16-/m0/s1. The highest BCUT2D eigenvalue weighted by Crippen LogP contribution is 2.29. The van der Waals surface area contributed by atoms with Crippen molar-refractivity contribution in [3.63, 3.8) is 0 Å². The van der Waals surface area contributed by atoms with Crippen LogP contribution >= 0.6 is 0 Å². The Morgan fingerprint density at radius 3 is 2.62 bits per heavy atom. The molecule has 2 atom stereocenters. The Hall–Kier alpha value is -2.58. The van der Waals surface area contributed by atoms with Crippen molar-refractivity contribution in [1.82, 2.24) is 15.1 Å². The number of rotatable bonds is 5. The fourth-order valence-electron chi connectivity index (χ4n) is 3.29. The first-order valence-corrected chi connectivity index (χ1v) is 8.62. The number of likely N-dealkylation sites (tertiary alicyclic amines) is 1. The zero-order chi connectivity index (χ0) is 17.9. The molecule has 1 aromatic heterocycles. The normalized spacial score (nSPS) is 18.9. The molecule has 134 valence electrons. The topological polar surface area (TPSA) is 89.9 Å². The zero-order valence-electron chi connectivity index (χ0n) is 14.2. The number of benzene rings is 2. The lowest BCUT2D eigenvalue weighted by Gasteiger charge is -2.16. The van der Waals surface area contributed by atoms with Crippen LogP contribution in [0.25, 0.3) is 11.5 Å². The molecule has 1 unspecified atom stereocenters. The SMILES string of the molecule is [O-][NH+](O)c1ccc(CN2CC[C@H](c3nnc(-c4ccccc4)o3)C2)cc1. The molecule has 7 heteroatoms. The summed E-state index contributed by atoms with van der Waals surface area (Å²) in [6.45, 7) is 2.60. The summed E-state index contributed by atoms with van der Waals surface area (Å²) in [6, 6.07) is 16.8. The molecular weight excluding hydrogens is 332 g/mol. The van der Waals surface area contributed by atoms with Gasteiger partial charge in [-0.15, -0.1) is 10.2 Å². The van der Waals surface area contributed by atoms with Crippen LogP contribution in [0.2, 0.25) is 0 Å². The van der Waals surface area contributed by atoms with E-state index in [4.69, 9.17) is 9.62 Å². The van der Waals surface area contributed by atoms with Gasteiger partial charge in [-0.25, -0.2) is 5.21 Å². The van der Waals surface area contributed by atoms with Gasteiger partial charge in [-0.2, -0.15) is 5.23 Å². The molecule has 0 saturated carbocycles. The Bertz CT molecular complexity index is 849. The van der Waals surface area contributed by atoms with Gasteiger partial charge in [0.15, 0.2) is 5.69 Å². The lowest BCUT2D eigenvalue weighted by atomic mass is 10.1. The summed E-state index contributed by atoms with van der Waals surface area (Å²) in [6.07, 6.45) is 0.976. The van der Waals surface area contributed by atoms with E-state index in [9.17, 15) is 5.21 Å². The third-order valence-corrected chi connectivity index (χ3v) is 4.69. The number of aromatic nitrogens is 2. The molecule has 0 radical (unpaired) electrons. The Morgan fingerprint density at radius 2 is 1.88 bits per heavy atom. The molecule has 1 fully saturated rings. The van der Waals surface area contributed by atoms with E-state index >= 15 is 0 Å². The summed E-state index contributed by atoms with van der Waals surface area (Å²) in [5.74, 6) is 1.48. The molecule has 0 spiro atoms. The van der Waals surface area contributed by atoms with Crippen molar-refractivity contribution in [2.24, 2.45) is 0 Å². The Labute approximate surface area is 151 Å². The van der Waals surface area contributed by atoms with Gasteiger partial charge < -0.3 is 9.62 Å². The maximum absolute atomic E-state index is 10.9. The van der Waals surface area contributed by atoms with Crippen LogP contribution in [0.4, 0.5) is 5.69 Å². The Morgan fingerprint density at radius 1 is 1.12 bits per heavy atom. The average molecular weight is 352 g/mol. The van der Waals surface area contributed by atoms with Gasteiger partial charge in [0.1, 0.15) is 0 Å². The molecule has 26 heavy (non-hydrogen) atoms. The lowest BCUT2D eigenvalue weighted by molar-refractivity contribution is -0.991. The second-order valence-electron chi connectivity index (χ2n) is 6.53. The predicted octanol–water partition coefficient (Wildman–Crippen LogP) is 2.13. The highest BCUT2D eigenvalue weighted by molar-refractivity contribution is 5.51. The second-order valence-corrected chi connectivity index (χ2v) is 6.53. The van der Waals surface area contributed by atoms with Crippen LogP contribution < -0.4 is 5.23 Å². The van der Waals surface area contributed by atoms with Crippen LogP contribution in [0.1, 0.15) is 23.8 Å². The molecule has 3 aromatic rings. The number of hydrogen-bond acceptors (Lipinski definition) is 6. The van der Waals surface area contributed by atoms with E-state index in [-0.39, 0.29) is 5.92 Å². The monoisotopic (exact) mass is 352 g/mol. The van der Waals surface area contributed by atoms with Gasteiger partial charge in [-0.05, 0) is 30.7 Å². The van der Waals surface area contributed by atoms with Gasteiger partial charge in [-0.1, -0.05) is 30.3 Å². The van der Waals surface area contributed by atoms with Crippen LogP contribution in [0.3, 0.4) is 0 Å². The first-order chi connectivity index (χ1) is 12.7. The molecule has 0 aliphatic carbocycles. The van der Waals surface area contributed by atoms with Gasteiger partial charge in [0.05, 0.1) is 5.92 Å². The van der Waals surface area contributed by atoms with Crippen molar-refractivity contribution in [3.05, 3.63) is 71.3 Å². The molecule has 4 rings (SSSR count). The maximum atomic E-state index is 10.9. The Kier molecular flexibility index (Phi) is 4.77. The van der Waals surface area contributed by atoms with E-state index < -0.39 is 5.23 Å². The first-order valence-electron chi connectivity index (χ1n) is 8.62. The number of nitrogens with one attached hydrogen (secondary N) is 1. The van der Waals surface area contributed by atoms with Crippen molar-refractivity contribution in [3.8, 4) is 11.5 Å². The molecule has 0 bridgehead atoms. The lowest BCUT2D eigenvalue weighted by Crippen LogP contribution is -2.99. The van der Waals surface area contributed by atoms with Crippen LogP contribution in [0.5, 0.6) is 0 Å². The fourth-order valence-corrected chi connectivity index (χ4v) is 3.29. The molecule has 2 N–H and O–H groups in total. The first kappa shape index (κ1) is 16.9. The van der Waals surface area contributed by atoms with Gasteiger partial charge in [-0.3, -0.25) is 4.90 Å². The van der Waals surface area contributed by atoms with E-state index in [1.807, 2.05) is 42.5 Å². The molecule has 1 aliphatic rings. The minimum absolute atomic E-state index is 0.234. The van der Waals surface area contributed by atoms with Crippen molar-refractivity contribution >= 4 is 5.69 Å². The van der Waals surface area contributed by atoms with Crippen molar-refractivity contribution in [1.29, 1.82) is 0 Å². The fraction of sp³-hybridized carbons (Fsp3) is 0.263. The van der Waals surface area contributed by atoms with E-state index in [0.29, 0.717) is 17.5 Å². The van der Waals surface area contributed by atoms with Gasteiger partial charge >= 0.3 is 0 Å². The van der Waals surface area contributed by atoms with Gasteiger partial charge in [0.25, 0.3) is 0 Å². The van der Waals surface area contributed by atoms with Gasteiger partial charge in [0.2, 0.25) is 11.8 Å².